The summed E-state index contributed by atoms with van der Waals surface area (Å²) < 4.78 is 2.21. The molecule has 120 valence electrons. The van der Waals surface area contributed by atoms with Crippen LogP contribution in [0.1, 0.15) is 51.2 Å². The molecule has 0 fully saturated rings. The molecule has 6 nitrogen and oxygen atoms in total. The van der Waals surface area contributed by atoms with Crippen LogP contribution in [0.2, 0.25) is 0 Å². The summed E-state index contributed by atoms with van der Waals surface area (Å²) in [6, 6.07) is 0. The zero-order valence-electron chi connectivity index (χ0n) is 13.0. The van der Waals surface area contributed by atoms with Crippen molar-refractivity contribution in [3.05, 3.63) is 11.6 Å². The maximum atomic E-state index is 5.86. The van der Waals surface area contributed by atoms with Crippen LogP contribution in [0.3, 0.4) is 0 Å². The van der Waals surface area contributed by atoms with E-state index in [0.717, 1.165) is 37.6 Å². The summed E-state index contributed by atoms with van der Waals surface area (Å²) in [5.74, 6) is 3.19. The van der Waals surface area contributed by atoms with Crippen LogP contribution >= 0.6 is 24.0 Å². The highest BCUT2D eigenvalue weighted by Gasteiger charge is 2.13. The number of aryl methyl sites for hydroxylation is 1. The molecule has 0 atom stereocenters. The second-order valence-electron chi connectivity index (χ2n) is 5.81. The van der Waals surface area contributed by atoms with Crippen molar-refractivity contribution in [3.8, 4) is 0 Å². The molecule has 3 N–H and O–H groups in total. The van der Waals surface area contributed by atoms with E-state index in [-0.39, 0.29) is 24.0 Å². The number of halogens is 1. The van der Waals surface area contributed by atoms with Crippen LogP contribution in [0.5, 0.6) is 0 Å². The molecule has 0 saturated heterocycles. The van der Waals surface area contributed by atoms with Crippen LogP contribution in [-0.4, -0.2) is 27.3 Å². The molecule has 1 aliphatic rings. The molecular formula is C14H27IN6. The second-order valence-corrected chi connectivity index (χ2v) is 5.81. The summed E-state index contributed by atoms with van der Waals surface area (Å²) in [5, 5.41) is 11.6. The number of nitrogens with two attached hydrogens (primary N) is 1. The van der Waals surface area contributed by atoms with Crippen LogP contribution < -0.4 is 11.1 Å². The zero-order valence-corrected chi connectivity index (χ0v) is 15.3. The van der Waals surface area contributed by atoms with Gasteiger partial charge in [-0.1, -0.05) is 20.3 Å². The third-order valence-electron chi connectivity index (χ3n) is 3.60. The minimum atomic E-state index is 0. The lowest BCUT2D eigenvalue weighted by molar-refractivity contribution is 0.576. The number of aromatic nitrogens is 3. The van der Waals surface area contributed by atoms with E-state index in [1.165, 1.54) is 19.3 Å². The molecule has 7 heteroatoms. The molecule has 0 unspecified atom stereocenters. The molecule has 1 aliphatic heterocycles. The summed E-state index contributed by atoms with van der Waals surface area (Å²) in [6.45, 7) is 6.77. The number of guanidine groups is 1. The molecular weight excluding hydrogens is 379 g/mol. The highest BCUT2D eigenvalue weighted by molar-refractivity contribution is 14.0. The van der Waals surface area contributed by atoms with E-state index in [1.807, 2.05) is 0 Å². The van der Waals surface area contributed by atoms with Gasteiger partial charge in [-0.15, -0.1) is 34.2 Å². The summed E-state index contributed by atoms with van der Waals surface area (Å²) in [4.78, 5) is 4.36. The predicted octanol–water partition coefficient (Wildman–Crippen LogP) is 2.07. The van der Waals surface area contributed by atoms with E-state index in [0.29, 0.717) is 18.4 Å². The van der Waals surface area contributed by atoms with Crippen LogP contribution in [-0.2, 0) is 19.5 Å². The summed E-state index contributed by atoms with van der Waals surface area (Å²) in [6.07, 6.45) is 5.80. The topological polar surface area (TPSA) is 81.1 Å². The SMILES string of the molecule is CC(C)CCNC(N)=NCc1nnc2n1CCCCC2.I. The number of hydrogen-bond acceptors (Lipinski definition) is 3. The molecule has 0 aliphatic carbocycles. The van der Waals surface area contributed by atoms with Crippen molar-refractivity contribution in [3.63, 3.8) is 0 Å². The molecule has 0 saturated carbocycles. The van der Waals surface area contributed by atoms with Crippen LogP contribution in [0.4, 0.5) is 0 Å². The van der Waals surface area contributed by atoms with Crippen LogP contribution in [0.25, 0.3) is 0 Å². The highest BCUT2D eigenvalue weighted by Crippen LogP contribution is 2.14. The van der Waals surface area contributed by atoms with Crippen molar-refractivity contribution in [1.82, 2.24) is 20.1 Å². The Balaban J connectivity index is 0.00000220. The molecule has 0 aromatic carbocycles. The van der Waals surface area contributed by atoms with Crippen molar-refractivity contribution >= 4 is 29.9 Å². The standard InChI is InChI=1S/C14H26N6.HI/c1-11(2)7-8-16-14(15)17-10-13-19-18-12-6-4-3-5-9-20(12)13;/h11H,3-10H2,1-2H3,(H3,15,16,17);1H. The Morgan fingerprint density at radius 3 is 2.90 bits per heavy atom. The van der Waals surface area contributed by atoms with Gasteiger partial charge in [-0.25, -0.2) is 4.99 Å². The summed E-state index contributed by atoms with van der Waals surface area (Å²) in [7, 11) is 0. The van der Waals surface area contributed by atoms with E-state index < -0.39 is 0 Å². The first-order chi connectivity index (χ1) is 9.66. The van der Waals surface area contributed by atoms with Gasteiger partial charge in [0.25, 0.3) is 0 Å². The molecule has 0 bridgehead atoms. The normalized spacial score (nSPS) is 15.3. The Hall–Kier alpha value is -0.860. The Bertz CT molecular complexity index is 454. The fourth-order valence-corrected chi connectivity index (χ4v) is 2.36. The van der Waals surface area contributed by atoms with Gasteiger partial charge in [0.05, 0.1) is 0 Å². The number of aliphatic imine (C=N–C) groups is 1. The van der Waals surface area contributed by atoms with E-state index in [2.05, 4.69) is 38.9 Å². The van der Waals surface area contributed by atoms with Crippen molar-refractivity contribution in [1.29, 1.82) is 0 Å². The number of rotatable bonds is 5. The molecule has 1 aromatic heterocycles. The molecule has 1 aromatic rings. The number of hydrogen-bond donors (Lipinski definition) is 2. The predicted molar refractivity (Wildman–Crippen MR) is 95.8 cm³/mol. The minimum Gasteiger partial charge on any atom is -0.370 e. The van der Waals surface area contributed by atoms with Gasteiger partial charge >= 0.3 is 0 Å². The molecule has 2 heterocycles. The van der Waals surface area contributed by atoms with Gasteiger partial charge in [0.2, 0.25) is 0 Å². The number of fused-ring (bicyclic) bond motifs is 1. The molecule has 0 radical (unpaired) electrons. The van der Waals surface area contributed by atoms with Gasteiger partial charge in [-0.05, 0) is 25.2 Å². The van der Waals surface area contributed by atoms with Crippen molar-refractivity contribution in [2.24, 2.45) is 16.6 Å². The summed E-state index contributed by atoms with van der Waals surface area (Å²) in [5.41, 5.74) is 5.86. The largest absolute Gasteiger partial charge is 0.370 e. The van der Waals surface area contributed by atoms with Gasteiger partial charge < -0.3 is 15.6 Å². The average molecular weight is 406 g/mol. The Kier molecular flexibility index (Phi) is 7.98. The van der Waals surface area contributed by atoms with Crippen molar-refractivity contribution < 1.29 is 0 Å². The van der Waals surface area contributed by atoms with Gasteiger partial charge in [0.1, 0.15) is 12.4 Å². The maximum Gasteiger partial charge on any atom is 0.189 e. The smallest absolute Gasteiger partial charge is 0.189 e. The highest BCUT2D eigenvalue weighted by atomic mass is 127. The quantitative estimate of drug-likeness (QED) is 0.446. The Morgan fingerprint density at radius 2 is 2.14 bits per heavy atom. The Labute approximate surface area is 144 Å². The fraction of sp³-hybridized carbons (Fsp3) is 0.786. The lowest BCUT2D eigenvalue weighted by Gasteiger charge is -2.08. The summed E-state index contributed by atoms with van der Waals surface area (Å²) >= 11 is 0. The minimum absolute atomic E-state index is 0. The second kappa shape index (κ2) is 9.22. The van der Waals surface area contributed by atoms with E-state index in [9.17, 15) is 0 Å². The van der Waals surface area contributed by atoms with Crippen molar-refractivity contribution in [2.75, 3.05) is 6.54 Å². The van der Waals surface area contributed by atoms with Gasteiger partial charge in [0, 0.05) is 19.5 Å². The first kappa shape index (κ1) is 18.2. The van der Waals surface area contributed by atoms with Crippen LogP contribution in [0, 0.1) is 5.92 Å². The molecule has 2 rings (SSSR count). The first-order valence-corrected chi connectivity index (χ1v) is 7.61. The third kappa shape index (κ3) is 5.80. The zero-order chi connectivity index (χ0) is 14.4. The van der Waals surface area contributed by atoms with E-state index in [1.54, 1.807) is 0 Å². The lowest BCUT2D eigenvalue weighted by atomic mass is 10.1. The third-order valence-corrected chi connectivity index (χ3v) is 3.60. The Morgan fingerprint density at radius 1 is 1.33 bits per heavy atom. The monoisotopic (exact) mass is 406 g/mol. The van der Waals surface area contributed by atoms with E-state index >= 15 is 0 Å². The lowest BCUT2D eigenvalue weighted by Crippen LogP contribution is -2.33. The van der Waals surface area contributed by atoms with Gasteiger partial charge in [-0.2, -0.15) is 0 Å². The van der Waals surface area contributed by atoms with Gasteiger partial charge in [0.15, 0.2) is 11.8 Å². The van der Waals surface area contributed by atoms with Crippen LogP contribution in [0.15, 0.2) is 4.99 Å². The molecule has 0 spiro atoms. The molecule has 21 heavy (non-hydrogen) atoms. The van der Waals surface area contributed by atoms with E-state index in [4.69, 9.17) is 5.73 Å². The maximum absolute atomic E-state index is 5.86. The number of nitrogens with zero attached hydrogens (tertiary/aromatic N) is 4. The van der Waals surface area contributed by atoms with Crippen molar-refractivity contribution in [2.45, 2.75) is 59.0 Å². The average Bonchev–Trinajstić information content (AvgIpc) is 2.64. The first-order valence-electron chi connectivity index (χ1n) is 7.61. The fourth-order valence-electron chi connectivity index (χ4n) is 2.36. The molecule has 0 amide bonds. The number of nitrogens with one attached hydrogen (secondary N) is 1. The van der Waals surface area contributed by atoms with Gasteiger partial charge in [-0.3, -0.25) is 0 Å².